The summed E-state index contributed by atoms with van der Waals surface area (Å²) in [6.07, 6.45) is -5.45. The molecule has 1 aliphatic rings. The maximum absolute atomic E-state index is 14.1. The molecule has 0 bridgehead atoms. The highest BCUT2D eigenvalue weighted by Gasteiger charge is 2.66. The van der Waals surface area contributed by atoms with Gasteiger partial charge in [0.25, 0.3) is 5.69 Å². The first-order valence-corrected chi connectivity index (χ1v) is 10.4. The van der Waals surface area contributed by atoms with Crippen molar-refractivity contribution in [2.24, 2.45) is 5.92 Å². The van der Waals surface area contributed by atoms with Crippen LogP contribution in [0.1, 0.15) is 22.2 Å². The van der Waals surface area contributed by atoms with Gasteiger partial charge >= 0.3 is 12.2 Å². The molecule has 3 aromatic rings. The van der Waals surface area contributed by atoms with E-state index in [4.69, 9.17) is 9.15 Å². The van der Waals surface area contributed by atoms with E-state index in [2.05, 4.69) is 5.32 Å². The number of alkyl halides is 3. The third-order valence-electron chi connectivity index (χ3n) is 5.76. The first-order chi connectivity index (χ1) is 17.0. The number of aliphatic hydroxyl groups is 1. The molecule has 3 N–H and O–H groups in total. The summed E-state index contributed by atoms with van der Waals surface area (Å²) in [6.45, 7) is 0. The van der Waals surface area contributed by atoms with Crippen molar-refractivity contribution in [2.45, 2.75) is 17.9 Å². The van der Waals surface area contributed by atoms with Gasteiger partial charge in [0.2, 0.25) is 5.72 Å². The maximum atomic E-state index is 14.1. The number of carbonyl (C=O) groups is 2. The van der Waals surface area contributed by atoms with Crippen molar-refractivity contribution < 1.29 is 41.9 Å². The second kappa shape index (κ2) is 9.00. The number of hydrogen-bond acceptors (Lipinski definition) is 7. The molecule has 1 aromatic heterocycles. The van der Waals surface area contributed by atoms with E-state index in [0.717, 1.165) is 0 Å². The highest BCUT2D eigenvalue weighted by molar-refractivity contribution is 6.00. The Balaban J connectivity index is 1.82. The number of methoxy groups -OCH3 is 1. The van der Waals surface area contributed by atoms with E-state index in [1.54, 1.807) is 0 Å². The van der Waals surface area contributed by atoms with E-state index in [9.17, 15) is 38.0 Å². The third-order valence-corrected chi connectivity index (χ3v) is 5.76. The average molecular weight is 505 g/mol. The maximum Gasteiger partial charge on any atom is 0.437 e. The normalized spacial score (nSPS) is 21.9. The van der Waals surface area contributed by atoms with Crippen molar-refractivity contribution in [2.75, 3.05) is 7.11 Å². The summed E-state index contributed by atoms with van der Waals surface area (Å²) in [4.78, 5) is 36.2. The zero-order chi connectivity index (χ0) is 26.3. The molecule has 0 spiro atoms. The average Bonchev–Trinajstić information content (AvgIpc) is 3.33. The van der Waals surface area contributed by atoms with Crippen LogP contribution in [0.4, 0.5) is 23.7 Å². The molecule has 4 rings (SSSR count). The molecule has 2 heterocycles. The number of nitrogens with one attached hydrogen (secondary N) is 2. The third kappa shape index (κ3) is 4.24. The predicted octanol–water partition coefficient (Wildman–Crippen LogP) is 3.97. The van der Waals surface area contributed by atoms with Gasteiger partial charge in [-0.15, -0.1) is 0 Å². The lowest BCUT2D eigenvalue weighted by atomic mass is 9.79. The molecule has 0 saturated carbocycles. The summed E-state index contributed by atoms with van der Waals surface area (Å²) in [5.74, 6) is -3.56. The minimum atomic E-state index is -5.45. The number of benzene rings is 2. The highest BCUT2D eigenvalue weighted by atomic mass is 19.4. The predicted molar refractivity (Wildman–Crippen MR) is 117 cm³/mol. The fraction of sp³-hybridized carbons (Fsp3) is 0.217. The zero-order valence-corrected chi connectivity index (χ0v) is 18.4. The van der Waals surface area contributed by atoms with Gasteiger partial charge in [-0.25, -0.2) is 4.79 Å². The van der Waals surface area contributed by atoms with Gasteiger partial charge in [0.15, 0.2) is 5.78 Å². The van der Waals surface area contributed by atoms with Crippen molar-refractivity contribution in [1.29, 1.82) is 0 Å². The zero-order valence-electron chi connectivity index (χ0n) is 18.4. The monoisotopic (exact) mass is 505 g/mol. The summed E-state index contributed by atoms with van der Waals surface area (Å²) < 4.78 is 52.8. The molecular formula is C23H18F3N3O7. The van der Waals surface area contributed by atoms with E-state index in [0.29, 0.717) is 5.75 Å². The van der Waals surface area contributed by atoms with Crippen molar-refractivity contribution in [3.8, 4) is 17.1 Å². The molecule has 1 aliphatic heterocycles. The number of nitrogens with zero attached hydrogens (tertiary/aromatic N) is 1. The number of furan rings is 1. The molecule has 1 saturated heterocycles. The molecule has 3 atom stereocenters. The molecule has 36 heavy (non-hydrogen) atoms. The summed E-state index contributed by atoms with van der Waals surface area (Å²) in [5, 5.41) is 25.7. The van der Waals surface area contributed by atoms with Crippen LogP contribution in [-0.2, 0) is 0 Å². The standard InChI is InChI=1S/C23H18F3N3O7/c1-35-13-8-6-12(7-9-13)20(30)18-19(27-21(31)28-22(18,32)23(24,25)26)17-11-10-16(36-17)14-4-2-3-5-15(14)29(33)34/h2-11,18-19,32H,1H3,(H2,27,28,31)/t18-,19+,22+/m0/s1. The number of Topliss-reactive ketones (excluding diaryl/α,β-unsaturated/α-hetero) is 1. The van der Waals surface area contributed by atoms with Crippen LogP contribution in [0.5, 0.6) is 5.75 Å². The molecule has 2 amide bonds. The van der Waals surface area contributed by atoms with Crippen LogP contribution in [0.2, 0.25) is 0 Å². The molecule has 0 radical (unpaired) electrons. The van der Waals surface area contributed by atoms with E-state index in [1.807, 2.05) is 0 Å². The van der Waals surface area contributed by atoms with E-state index in [-0.39, 0.29) is 28.3 Å². The Hall–Kier alpha value is -4.39. The number of amides is 2. The van der Waals surface area contributed by atoms with E-state index < -0.39 is 40.6 Å². The number of hydrogen-bond donors (Lipinski definition) is 3. The van der Waals surface area contributed by atoms with Crippen molar-refractivity contribution in [1.82, 2.24) is 10.6 Å². The number of nitro groups is 1. The number of halogens is 3. The lowest BCUT2D eigenvalue weighted by Gasteiger charge is -2.44. The summed E-state index contributed by atoms with van der Waals surface area (Å²) in [5.41, 5.74) is -4.46. The SMILES string of the molecule is COc1ccc(C(=O)[C@@H]2[C@@H](c3ccc(-c4ccccc4[N+](=O)[O-])o3)NC(=O)N[C@]2(O)C(F)(F)F)cc1. The molecule has 2 aromatic carbocycles. The van der Waals surface area contributed by atoms with Crippen LogP contribution < -0.4 is 15.4 Å². The Kier molecular flexibility index (Phi) is 6.18. The molecule has 13 heteroatoms. The summed E-state index contributed by atoms with van der Waals surface area (Å²) in [7, 11) is 1.36. The van der Waals surface area contributed by atoms with Gasteiger partial charge in [-0.1, -0.05) is 12.1 Å². The van der Waals surface area contributed by atoms with Crippen LogP contribution >= 0.6 is 0 Å². The number of carbonyl (C=O) groups excluding carboxylic acids is 2. The van der Waals surface area contributed by atoms with Crippen LogP contribution in [0.3, 0.4) is 0 Å². The van der Waals surface area contributed by atoms with Crippen molar-refractivity contribution in [3.05, 3.63) is 82.1 Å². The smallest absolute Gasteiger partial charge is 0.437 e. The van der Waals surface area contributed by atoms with Gasteiger partial charge in [-0.2, -0.15) is 13.2 Å². The van der Waals surface area contributed by atoms with Gasteiger partial charge in [-0.3, -0.25) is 14.9 Å². The van der Waals surface area contributed by atoms with Crippen molar-refractivity contribution in [3.63, 3.8) is 0 Å². The molecule has 10 nitrogen and oxygen atoms in total. The molecule has 0 aliphatic carbocycles. The first-order valence-electron chi connectivity index (χ1n) is 10.4. The Morgan fingerprint density at radius 2 is 1.81 bits per heavy atom. The Bertz CT molecular complexity index is 1320. The Morgan fingerprint density at radius 1 is 1.14 bits per heavy atom. The van der Waals surface area contributed by atoms with Gasteiger partial charge in [0.05, 0.1) is 17.6 Å². The topological polar surface area (TPSA) is 144 Å². The number of ketones is 1. The lowest BCUT2D eigenvalue weighted by Crippen LogP contribution is -2.72. The van der Waals surface area contributed by atoms with Crippen LogP contribution in [0, 0.1) is 16.0 Å². The first kappa shape index (κ1) is 24.7. The lowest BCUT2D eigenvalue weighted by molar-refractivity contribution is -0.384. The molecule has 188 valence electrons. The van der Waals surface area contributed by atoms with Gasteiger partial charge < -0.3 is 24.9 Å². The van der Waals surface area contributed by atoms with E-state index in [1.165, 1.54) is 73.1 Å². The largest absolute Gasteiger partial charge is 0.497 e. The van der Waals surface area contributed by atoms with E-state index >= 15 is 0 Å². The Morgan fingerprint density at radius 3 is 2.42 bits per heavy atom. The van der Waals surface area contributed by atoms with Gasteiger partial charge in [0, 0.05) is 11.6 Å². The highest BCUT2D eigenvalue weighted by Crippen LogP contribution is 2.45. The van der Waals surface area contributed by atoms with Crippen LogP contribution in [0.25, 0.3) is 11.3 Å². The summed E-state index contributed by atoms with van der Waals surface area (Å²) in [6, 6.07) is 9.88. The van der Waals surface area contributed by atoms with Gasteiger partial charge in [-0.05, 0) is 42.5 Å². The second-order valence-corrected chi connectivity index (χ2v) is 7.89. The Labute approximate surface area is 200 Å². The second-order valence-electron chi connectivity index (χ2n) is 7.89. The number of rotatable bonds is 6. The molecule has 1 fully saturated rings. The van der Waals surface area contributed by atoms with Crippen LogP contribution in [0.15, 0.2) is 65.1 Å². The van der Waals surface area contributed by atoms with Crippen LogP contribution in [-0.4, -0.2) is 40.9 Å². The van der Waals surface area contributed by atoms with Crippen molar-refractivity contribution >= 4 is 17.5 Å². The quantitative estimate of drug-likeness (QED) is 0.261. The molecule has 0 unspecified atom stereocenters. The number of para-hydroxylation sites is 1. The number of urea groups is 1. The number of nitro benzene ring substituents is 1. The van der Waals surface area contributed by atoms with Gasteiger partial charge in [0.1, 0.15) is 29.2 Å². The number of ether oxygens (including phenoxy) is 1. The summed E-state index contributed by atoms with van der Waals surface area (Å²) >= 11 is 0. The fourth-order valence-electron chi connectivity index (χ4n) is 4.02. The molecular weight excluding hydrogens is 487 g/mol. The minimum absolute atomic E-state index is 0.0260. The fourth-order valence-corrected chi connectivity index (χ4v) is 4.02. The minimum Gasteiger partial charge on any atom is -0.497 e.